The molecule has 2 saturated heterocycles. The van der Waals surface area contributed by atoms with E-state index in [1.165, 1.54) is 11.8 Å². The van der Waals surface area contributed by atoms with Crippen molar-refractivity contribution in [1.29, 1.82) is 0 Å². The number of nitrogens with one attached hydrogen (secondary N) is 1. The lowest BCUT2D eigenvalue weighted by Crippen LogP contribution is -2.45. The summed E-state index contributed by atoms with van der Waals surface area (Å²) >= 11 is 0.766. The van der Waals surface area contributed by atoms with Crippen molar-refractivity contribution in [1.82, 2.24) is 10.2 Å². The fourth-order valence-electron chi connectivity index (χ4n) is 3.06. The van der Waals surface area contributed by atoms with E-state index in [0.717, 1.165) is 12.1 Å². The third-order valence-electron chi connectivity index (χ3n) is 4.11. The summed E-state index contributed by atoms with van der Waals surface area (Å²) in [5, 5.41) is 2.70. The van der Waals surface area contributed by atoms with Gasteiger partial charge in [0.2, 0.25) is 0 Å². The van der Waals surface area contributed by atoms with Gasteiger partial charge in [0.05, 0.1) is 9.74 Å². The van der Waals surface area contributed by atoms with E-state index in [-0.39, 0.29) is 35.6 Å². The normalized spacial score (nSPS) is 28.0. The molecule has 152 valence electrons. The molecule has 0 aromatic rings. The van der Waals surface area contributed by atoms with Crippen molar-refractivity contribution in [2.75, 3.05) is 6.61 Å². The van der Waals surface area contributed by atoms with Gasteiger partial charge >= 0.3 is 6.09 Å². The van der Waals surface area contributed by atoms with Gasteiger partial charge in [-0.05, 0) is 49.5 Å². The quantitative estimate of drug-likeness (QED) is 0.532. The highest BCUT2D eigenvalue weighted by atomic mass is 127. The van der Waals surface area contributed by atoms with Crippen LogP contribution in [0, 0.1) is 5.41 Å². The van der Waals surface area contributed by atoms with Gasteiger partial charge in [0, 0.05) is 16.4 Å². The highest BCUT2D eigenvalue weighted by Gasteiger charge is 2.50. The Morgan fingerprint density at radius 3 is 2.78 bits per heavy atom. The maximum atomic E-state index is 12.7. The molecule has 0 bridgehead atoms. The van der Waals surface area contributed by atoms with E-state index >= 15 is 0 Å². The molecule has 0 aromatic carbocycles. The third-order valence-corrected chi connectivity index (χ3v) is 8.03. The van der Waals surface area contributed by atoms with Crippen molar-refractivity contribution >= 4 is 47.5 Å². The molecule has 27 heavy (non-hydrogen) atoms. The Labute approximate surface area is 175 Å². The SMILES string of the molecule is C=C(C)I=C1/C(=C\C)SC(=O)N1[C@@H]1OC(COC(=O)NC(C)C)CC1(C)C. The van der Waals surface area contributed by atoms with Crippen molar-refractivity contribution in [3.05, 3.63) is 21.1 Å². The lowest BCUT2D eigenvalue weighted by molar-refractivity contribution is -0.0510. The van der Waals surface area contributed by atoms with Gasteiger partial charge in [0.1, 0.15) is 12.8 Å². The zero-order chi connectivity index (χ0) is 20.4. The first kappa shape index (κ1) is 22.4. The summed E-state index contributed by atoms with van der Waals surface area (Å²) in [5.41, 5.74) is -0.244. The minimum absolute atomic E-state index is 0.00348. The van der Waals surface area contributed by atoms with E-state index in [1.54, 1.807) is 0 Å². The summed E-state index contributed by atoms with van der Waals surface area (Å²) in [5.74, 6) is 0. The third kappa shape index (κ3) is 5.57. The number of amides is 2. The summed E-state index contributed by atoms with van der Waals surface area (Å²) < 4.78 is 13.7. The number of hydrogen-bond acceptors (Lipinski definition) is 5. The van der Waals surface area contributed by atoms with Gasteiger partial charge in [-0.2, -0.15) is 0 Å². The van der Waals surface area contributed by atoms with Gasteiger partial charge in [-0.15, -0.1) is 0 Å². The van der Waals surface area contributed by atoms with Crippen LogP contribution in [-0.4, -0.2) is 44.8 Å². The van der Waals surface area contributed by atoms with Gasteiger partial charge in [0.25, 0.3) is 5.24 Å². The van der Waals surface area contributed by atoms with Crippen LogP contribution in [0.2, 0.25) is 0 Å². The molecule has 0 radical (unpaired) electrons. The Kier molecular flexibility index (Phi) is 7.54. The number of nitrogens with zero attached hydrogens (tertiary/aromatic N) is 1. The van der Waals surface area contributed by atoms with Crippen LogP contribution in [0.1, 0.15) is 48.0 Å². The average Bonchev–Trinajstić information content (AvgIpc) is 2.99. The topological polar surface area (TPSA) is 67.9 Å². The number of alkyl carbamates (subject to hydrolysis) is 1. The molecule has 0 aliphatic carbocycles. The second kappa shape index (κ2) is 9.09. The van der Waals surface area contributed by atoms with Gasteiger partial charge in [0.15, 0.2) is 0 Å². The smallest absolute Gasteiger partial charge is 0.407 e. The summed E-state index contributed by atoms with van der Waals surface area (Å²) in [6.07, 6.45) is 1.65. The van der Waals surface area contributed by atoms with E-state index in [0.29, 0.717) is 6.42 Å². The number of carbonyl (C=O) groups is 2. The lowest BCUT2D eigenvalue weighted by atomic mass is 9.87. The second-order valence-electron chi connectivity index (χ2n) is 7.65. The van der Waals surface area contributed by atoms with Crippen LogP contribution < -0.4 is 5.32 Å². The fourth-order valence-corrected chi connectivity index (χ4v) is 6.77. The highest BCUT2D eigenvalue weighted by molar-refractivity contribution is 14.2. The summed E-state index contributed by atoms with van der Waals surface area (Å²) in [6.45, 7) is 16.1. The lowest BCUT2D eigenvalue weighted by Gasteiger charge is -2.33. The van der Waals surface area contributed by atoms with E-state index in [1.807, 2.05) is 38.7 Å². The fraction of sp³-hybridized carbons (Fsp3) is 0.632. The molecule has 0 aromatic heterocycles. The maximum absolute atomic E-state index is 12.7. The van der Waals surface area contributed by atoms with Crippen LogP contribution in [0.4, 0.5) is 9.59 Å². The van der Waals surface area contributed by atoms with Crippen LogP contribution in [0.25, 0.3) is 0 Å². The molecule has 1 unspecified atom stereocenters. The molecule has 1 N–H and O–H groups in total. The molecule has 2 heterocycles. The molecule has 2 rings (SSSR count). The molecular weight excluding hydrogens is 479 g/mol. The van der Waals surface area contributed by atoms with Gasteiger partial charge in [-0.3, -0.25) is 9.69 Å². The Morgan fingerprint density at radius 2 is 2.22 bits per heavy atom. The number of rotatable bonds is 5. The Bertz CT molecular complexity index is 687. The molecule has 2 aliphatic heterocycles. The molecule has 2 atom stereocenters. The molecule has 2 amide bonds. The summed E-state index contributed by atoms with van der Waals surface area (Å²) in [7, 11) is 0. The molecule has 8 heteroatoms. The van der Waals surface area contributed by atoms with Crippen molar-refractivity contribution in [2.45, 2.75) is 66.3 Å². The minimum Gasteiger partial charge on any atom is -0.447 e. The van der Waals surface area contributed by atoms with Crippen LogP contribution in [0.3, 0.4) is 0 Å². The second-order valence-corrected chi connectivity index (χ2v) is 12.0. The maximum Gasteiger partial charge on any atom is 0.407 e. The average molecular weight is 508 g/mol. The first-order valence-corrected chi connectivity index (χ1v) is 12.0. The van der Waals surface area contributed by atoms with Crippen molar-refractivity contribution in [3.8, 4) is 0 Å². The van der Waals surface area contributed by atoms with Crippen LogP contribution >= 0.6 is 32.5 Å². The van der Waals surface area contributed by atoms with E-state index in [9.17, 15) is 9.59 Å². The predicted octanol–water partition coefficient (Wildman–Crippen LogP) is 4.97. The Balaban J connectivity index is 2.16. The monoisotopic (exact) mass is 508 g/mol. The van der Waals surface area contributed by atoms with Crippen molar-refractivity contribution in [3.63, 3.8) is 0 Å². The summed E-state index contributed by atoms with van der Waals surface area (Å²) in [6, 6.07) is 0.0212. The van der Waals surface area contributed by atoms with Crippen LogP contribution in [0.15, 0.2) is 21.1 Å². The molecule has 0 saturated carbocycles. The minimum atomic E-state index is -0.493. The van der Waals surface area contributed by atoms with E-state index in [4.69, 9.17) is 9.47 Å². The van der Waals surface area contributed by atoms with Crippen molar-refractivity contribution in [2.24, 2.45) is 5.41 Å². The Hall–Kier alpha value is -0.870. The first-order valence-electron chi connectivity index (χ1n) is 8.99. The molecule has 2 aliphatic rings. The number of thioether (sulfide) groups is 1. The van der Waals surface area contributed by atoms with Crippen LogP contribution in [0.5, 0.6) is 0 Å². The molecule has 2 fully saturated rings. The van der Waals surface area contributed by atoms with E-state index in [2.05, 4.69) is 25.7 Å². The largest absolute Gasteiger partial charge is 0.447 e. The molecule has 6 nitrogen and oxygen atoms in total. The number of halogens is 1. The number of allylic oxidation sites excluding steroid dienone is 2. The predicted molar refractivity (Wildman–Crippen MR) is 119 cm³/mol. The van der Waals surface area contributed by atoms with Crippen LogP contribution in [-0.2, 0) is 9.47 Å². The van der Waals surface area contributed by atoms with E-state index < -0.39 is 26.8 Å². The van der Waals surface area contributed by atoms with Gasteiger partial charge < -0.3 is 14.8 Å². The van der Waals surface area contributed by atoms with Gasteiger partial charge in [-0.25, -0.2) is 4.79 Å². The highest BCUT2D eigenvalue weighted by Crippen LogP contribution is 2.46. The summed E-state index contributed by atoms with van der Waals surface area (Å²) in [4.78, 5) is 27.3. The molecule has 0 spiro atoms. The Morgan fingerprint density at radius 1 is 1.56 bits per heavy atom. The first-order chi connectivity index (χ1) is 12.5. The zero-order valence-electron chi connectivity index (χ0n) is 16.8. The number of carbonyl (C=O) groups excluding carboxylic acids is 2. The zero-order valence-corrected chi connectivity index (χ0v) is 19.8. The number of hydrogen-bond donors (Lipinski definition) is 1. The standard InChI is InChI=1S/C19H29IN2O4S/c1-8-14-15(20-11(2)3)22(18(24)27-14)16-19(6,7)9-13(26-16)10-25-17(23)21-12(4)5/h8,12-13,16H,2,9-10H2,1,3-7H3,(H,21,23)/b14-8+/t13?,16-/m1/s1. The molecular formula is C19H29IN2O4S. The number of ether oxygens (including phenoxy) is 2. The van der Waals surface area contributed by atoms with Gasteiger partial charge in [-0.1, -0.05) is 47.2 Å². The van der Waals surface area contributed by atoms with Crippen molar-refractivity contribution < 1.29 is 19.1 Å².